The Hall–Kier alpha value is -3.62. The zero-order chi connectivity index (χ0) is 32.8. The van der Waals surface area contributed by atoms with Gasteiger partial charge in [0.15, 0.2) is 0 Å². The van der Waals surface area contributed by atoms with E-state index in [0.717, 1.165) is 5.56 Å². The molecular weight excluding hydrogens is 534 g/mol. The molecule has 0 bridgehead atoms. The van der Waals surface area contributed by atoms with Crippen LogP contribution in [0, 0.1) is 11.3 Å². The summed E-state index contributed by atoms with van der Waals surface area (Å²) in [5.74, 6) is -2.15. The Bertz CT molecular complexity index is 1160. The molecular formula is C33H51N3O6. The molecule has 0 saturated heterocycles. The molecule has 9 heteroatoms. The average molecular weight is 586 g/mol. The van der Waals surface area contributed by atoms with E-state index in [1.54, 1.807) is 53.8 Å². The van der Waals surface area contributed by atoms with Crippen LogP contribution in [-0.2, 0) is 24.5 Å². The second-order valence-electron chi connectivity index (χ2n) is 13.4. The smallest absolute Gasteiger partial charge is 0.410 e. The Morgan fingerprint density at radius 2 is 1.48 bits per heavy atom. The topological polar surface area (TPSA) is 116 Å². The molecule has 1 aromatic carbocycles. The van der Waals surface area contributed by atoms with E-state index in [9.17, 15) is 24.3 Å². The van der Waals surface area contributed by atoms with Gasteiger partial charge in [-0.1, -0.05) is 84.0 Å². The summed E-state index contributed by atoms with van der Waals surface area (Å²) in [5, 5.41) is 12.4. The maximum absolute atomic E-state index is 14.3. The third kappa shape index (κ3) is 9.19. The molecule has 0 spiro atoms. The number of ether oxygens (including phenoxy) is 1. The van der Waals surface area contributed by atoms with Gasteiger partial charge in [0.1, 0.15) is 17.7 Å². The summed E-state index contributed by atoms with van der Waals surface area (Å²) in [6, 6.07) is 6.68. The third-order valence-electron chi connectivity index (χ3n) is 7.56. The lowest BCUT2D eigenvalue weighted by Crippen LogP contribution is -2.63. The van der Waals surface area contributed by atoms with Crippen LogP contribution in [0.25, 0.3) is 0 Å². The second-order valence-corrected chi connectivity index (χ2v) is 13.4. The number of amides is 3. The van der Waals surface area contributed by atoms with Gasteiger partial charge in [0.25, 0.3) is 0 Å². The van der Waals surface area contributed by atoms with Crippen LogP contribution in [0.1, 0.15) is 74.8 Å². The minimum absolute atomic E-state index is 0.112. The SMILES string of the molecule is C=CC(C)(C)C(NC(=O)C(N(C)C(=O)OC(C)(C)C)C(C)(C)c1ccccc1)C(=O)N(C)[C@H](C=C(C)C(=O)O)C(C)C. The monoisotopic (exact) mass is 585 g/mol. The van der Waals surface area contributed by atoms with Crippen molar-refractivity contribution >= 4 is 23.9 Å². The van der Waals surface area contributed by atoms with Gasteiger partial charge in [-0.3, -0.25) is 14.5 Å². The number of likely N-dealkylation sites (N-methyl/N-ethyl adjacent to an activating group) is 2. The number of carbonyl (C=O) groups is 4. The van der Waals surface area contributed by atoms with E-state index >= 15 is 0 Å². The molecule has 0 fully saturated rings. The molecule has 0 heterocycles. The lowest BCUT2D eigenvalue weighted by Gasteiger charge is -2.42. The van der Waals surface area contributed by atoms with Gasteiger partial charge in [0.2, 0.25) is 11.8 Å². The molecule has 0 aromatic heterocycles. The normalized spacial score (nSPS) is 14.8. The minimum Gasteiger partial charge on any atom is -0.478 e. The molecule has 3 atom stereocenters. The van der Waals surface area contributed by atoms with Crippen molar-refractivity contribution in [2.24, 2.45) is 11.3 Å². The Kier molecular flexibility index (Phi) is 12.2. The van der Waals surface area contributed by atoms with E-state index in [-0.39, 0.29) is 11.5 Å². The molecule has 2 N–H and O–H groups in total. The Balaban J connectivity index is 3.67. The first-order valence-corrected chi connectivity index (χ1v) is 14.2. The predicted octanol–water partition coefficient (Wildman–Crippen LogP) is 5.41. The number of carbonyl (C=O) groups excluding carboxylic acids is 3. The number of hydrogen-bond acceptors (Lipinski definition) is 5. The van der Waals surface area contributed by atoms with Gasteiger partial charge in [-0.15, -0.1) is 6.58 Å². The standard InChI is InChI=1S/C33H51N3O6/c1-14-32(8,9)25(28(38)35(12)24(21(2)3)20-22(4)29(39)40)34-27(37)26(36(13)30(41)42-31(5,6)7)33(10,11)23-18-16-15-17-19-23/h14-21,24-26H,1H2,2-13H3,(H,34,37)(H,39,40)/t24-,25?,26?/m1/s1. The van der Waals surface area contributed by atoms with Gasteiger partial charge in [-0.25, -0.2) is 9.59 Å². The highest BCUT2D eigenvalue weighted by Gasteiger charge is 2.46. The van der Waals surface area contributed by atoms with Crippen LogP contribution < -0.4 is 5.32 Å². The summed E-state index contributed by atoms with van der Waals surface area (Å²) in [4.78, 5) is 55.9. The van der Waals surface area contributed by atoms with Crippen LogP contribution in [0.2, 0.25) is 0 Å². The molecule has 1 rings (SSSR count). The van der Waals surface area contributed by atoms with Crippen molar-refractivity contribution < 1.29 is 29.0 Å². The number of aliphatic carboxylic acids is 1. The summed E-state index contributed by atoms with van der Waals surface area (Å²) in [7, 11) is 3.11. The number of hydrogen-bond donors (Lipinski definition) is 2. The van der Waals surface area contributed by atoms with Crippen LogP contribution >= 0.6 is 0 Å². The third-order valence-corrected chi connectivity index (χ3v) is 7.56. The Labute approximate surface area is 252 Å². The molecule has 0 aliphatic heterocycles. The van der Waals surface area contributed by atoms with Gasteiger partial charge in [0, 0.05) is 30.5 Å². The van der Waals surface area contributed by atoms with Crippen molar-refractivity contribution in [1.29, 1.82) is 0 Å². The summed E-state index contributed by atoms with van der Waals surface area (Å²) in [6.07, 6.45) is 2.47. The van der Waals surface area contributed by atoms with Gasteiger partial charge in [-0.2, -0.15) is 0 Å². The van der Waals surface area contributed by atoms with Crippen molar-refractivity contribution in [2.45, 2.75) is 98.4 Å². The molecule has 2 unspecified atom stereocenters. The number of carboxylic acid groups (broad SMARTS) is 1. The number of nitrogens with zero attached hydrogens (tertiary/aromatic N) is 2. The highest BCUT2D eigenvalue weighted by molar-refractivity contribution is 5.93. The number of benzene rings is 1. The summed E-state index contributed by atoms with van der Waals surface area (Å²) >= 11 is 0. The first-order valence-electron chi connectivity index (χ1n) is 14.2. The van der Waals surface area contributed by atoms with Crippen molar-refractivity contribution in [2.75, 3.05) is 14.1 Å². The summed E-state index contributed by atoms with van der Waals surface area (Å²) < 4.78 is 5.62. The zero-order valence-corrected chi connectivity index (χ0v) is 27.4. The lowest BCUT2D eigenvalue weighted by atomic mass is 9.76. The highest BCUT2D eigenvalue weighted by atomic mass is 16.6. The number of carboxylic acids is 1. The number of nitrogens with one attached hydrogen (secondary N) is 1. The number of rotatable bonds is 12. The quantitative estimate of drug-likeness (QED) is 0.250. The van der Waals surface area contributed by atoms with Crippen molar-refractivity contribution in [3.8, 4) is 0 Å². The van der Waals surface area contributed by atoms with E-state index < -0.39 is 58.4 Å². The Morgan fingerprint density at radius 1 is 0.952 bits per heavy atom. The molecule has 3 amide bonds. The summed E-state index contributed by atoms with van der Waals surface area (Å²) in [6.45, 7) is 21.7. The highest BCUT2D eigenvalue weighted by Crippen LogP contribution is 2.32. The molecule has 0 radical (unpaired) electrons. The molecule has 234 valence electrons. The first kappa shape index (κ1) is 36.4. The fourth-order valence-corrected chi connectivity index (χ4v) is 4.79. The molecule has 0 aliphatic carbocycles. The largest absolute Gasteiger partial charge is 0.478 e. The van der Waals surface area contributed by atoms with Crippen molar-refractivity contribution in [3.63, 3.8) is 0 Å². The van der Waals surface area contributed by atoms with Gasteiger partial charge in [0.05, 0.1) is 6.04 Å². The fraction of sp³-hybridized carbons (Fsp3) is 0.576. The van der Waals surface area contributed by atoms with E-state index in [1.807, 2.05) is 58.0 Å². The van der Waals surface area contributed by atoms with E-state index in [1.165, 1.54) is 23.8 Å². The molecule has 0 aliphatic rings. The predicted molar refractivity (Wildman–Crippen MR) is 166 cm³/mol. The maximum Gasteiger partial charge on any atom is 0.410 e. The molecule has 0 saturated carbocycles. The Morgan fingerprint density at radius 3 is 1.90 bits per heavy atom. The fourth-order valence-electron chi connectivity index (χ4n) is 4.79. The second kappa shape index (κ2) is 14.0. The van der Waals surface area contributed by atoms with Crippen LogP contribution in [0.15, 0.2) is 54.6 Å². The van der Waals surface area contributed by atoms with Crippen LogP contribution in [-0.4, -0.2) is 76.6 Å². The van der Waals surface area contributed by atoms with Crippen molar-refractivity contribution in [3.05, 3.63) is 60.2 Å². The van der Waals surface area contributed by atoms with Gasteiger partial charge in [-0.05, 0) is 39.2 Å². The van der Waals surface area contributed by atoms with Gasteiger partial charge >= 0.3 is 12.1 Å². The van der Waals surface area contributed by atoms with E-state index in [2.05, 4.69) is 11.9 Å². The zero-order valence-electron chi connectivity index (χ0n) is 27.4. The minimum atomic E-state index is -1.08. The average Bonchev–Trinajstić information content (AvgIpc) is 2.88. The molecule has 1 aromatic rings. The maximum atomic E-state index is 14.3. The van der Waals surface area contributed by atoms with E-state index in [0.29, 0.717) is 0 Å². The molecule has 42 heavy (non-hydrogen) atoms. The first-order chi connectivity index (χ1) is 19.1. The summed E-state index contributed by atoms with van der Waals surface area (Å²) in [5.41, 5.74) is -1.65. The van der Waals surface area contributed by atoms with Crippen molar-refractivity contribution in [1.82, 2.24) is 15.1 Å². The van der Waals surface area contributed by atoms with Gasteiger partial charge < -0.3 is 20.1 Å². The van der Waals surface area contributed by atoms with Crippen LogP contribution in [0.3, 0.4) is 0 Å². The molecule has 9 nitrogen and oxygen atoms in total. The lowest BCUT2D eigenvalue weighted by molar-refractivity contribution is -0.141. The van der Waals surface area contributed by atoms with Crippen LogP contribution in [0.4, 0.5) is 4.79 Å². The van der Waals surface area contributed by atoms with Crippen LogP contribution in [0.5, 0.6) is 0 Å². The van der Waals surface area contributed by atoms with E-state index in [4.69, 9.17) is 4.74 Å².